The van der Waals surface area contributed by atoms with Crippen molar-refractivity contribution in [2.24, 2.45) is 5.92 Å². The maximum absolute atomic E-state index is 11.9. The second kappa shape index (κ2) is 6.91. The molecule has 6 nitrogen and oxygen atoms in total. The summed E-state index contributed by atoms with van der Waals surface area (Å²) in [5.74, 6) is 0.925. The van der Waals surface area contributed by atoms with Crippen molar-refractivity contribution in [3.63, 3.8) is 0 Å². The summed E-state index contributed by atoms with van der Waals surface area (Å²) in [4.78, 5) is 11.9. The largest absolute Gasteiger partial charge is 0.461 e. The molecule has 2 heterocycles. The number of carbonyl (C=O) groups excluding carboxylic acids is 1. The Morgan fingerprint density at radius 3 is 3.00 bits per heavy atom. The van der Waals surface area contributed by atoms with Crippen molar-refractivity contribution in [3.8, 4) is 11.5 Å². The van der Waals surface area contributed by atoms with Gasteiger partial charge in [-0.15, -0.1) is 0 Å². The Kier molecular flexibility index (Phi) is 4.95. The number of nitrogens with one attached hydrogen (secondary N) is 1. The van der Waals surface area contributed by atoms with Gasteiger partial charge in [-0.3, -0.25) is 4.79 Å². The minimum absolute atomic E-state index is 0.126. The van der Waals surface area contributed by atoms with Crippen LogP contribution in [0.4, 0.5) is 0 Å². The predicted molar refractivity (Wildman–Crippen MR) is 72.0 cm³/mol. The quantitative estimate of drug-likeness (QED) is 0.809. The average Bonchev–Trinajstić information content (AvgIpc) is 3.12. The number of aromatic nitrogens is 1. The lowest BCUT2D eigenvalue weighted by Crippen LogP contribution is -2.29. The molecule has 0 aliphatic heterocycles. The van der Waals surface area contributed by atoms with Crippen molar-refractivity contribution in [2.75, 3.05) is 13.2 Å². The SMILES string of the molecule is CCC(CCO)CNC(=O)c1cc(-c2ccco2)on1. The summed E-state index contributed by atoms with van der Waals surface area (Å²) in [6, 6.07) is 5.01. The van der Waals surface area contributed by atoms with E-state index in [1.165, 1.54) is 6.26 Å². The van der Waals surface area contributed by atoms with E-state index in [1.807, 2.05) is 6.92 Å². The van der Waals surface area contributed by atoms with Gasteiger partial charge in [0.25, 0.3) is 5.91 Å². The molecule has 0 fully saturated rings. The van der Waals surface area contributed by atoms with E-state index in [0.717, 1.165) is 6.42 Å². The molecule has 2 aromatic heterocycles. The lowest BCUT2D eigenvalue weighted by atomic mass is 10.0. The number of furan rings is 1. The maximum Gasteiger partial charge on any atom is 0.273 e. The Morgan fingerprint density at radius 2 is 2.35 bits per heavy atom. The standard InChI is InChI=1S/C14H18N2O4/c1-2-10(5-6-17)9-15-14(18)11-8-13(20-16-11)12-4-3-7-19-12/h3-4,7-8,10,17H,2,5-6,9H2,1H3,(H,15,18). The van der Waals surface area contributed by atoms with Crippen LogP contribution in [0.2, 0.25) is 0 Å². The molecule has 20 heavy (non-hydrogen) atoms. The zero-order valence-corrected chi connectivity index (χ0v) is 11.3. The molecule has 108 valence electrons. The number of carbonyl (C=O) groups is 1. The highest BCUT2D eigenvalue weighted by Gasteiger charge is 2.16. The van der Waals surface area contributed by atoms with Gasteiger partial charge in [0.15, 0.2) is 11.5 Å². The zero-order chi connectivity index (χ0) is 14.4. The Labute approximate surface area is 116 Å². The van der Waals surface area contributed by atoms with Gasteiger partial charge in [-0.2, -0.15) is 0 Å². The number of nitrogens with zero attached hydrogens (tertiary/aromatic N) is 1. The fourth-order valence-corrected chi connectivity index (χ4v) is 1.88. The molecule has 0 aliphatic rings. The van der Waals surface area contributed by atoms with E-state index in [0.29, 0.717) is 24.5 Å². The Balaban J connectivity index is 1.93. The summed E-state index contributed by atoms with van der Waals surface area (Å²) >= 11 is 0. The van der Waals surface area contributed by atoms with Crippen LogP contribution < -0.4 is 5.32 Å². The van der Waals surface area contributed by atoms with Crippen LogP contribution in [0, 0.1) is 5.92 Å². The van der Waals surface area contributed by atoms with Crippen LogP contribution in [0.3, 0.4) is 0 Å². The molecule has 0 aliphatic carbocycles. The fourth-order valence-electron chi connectivity index (χ4n) is 1.88. The molecule has 1 amide bonds. The molecule has 0 saturated carbocycles. The van der Waals surface area contributed by atoms with Gasteiger partial charge in [-0.1, -0.05) is 18.5 Å². The van der Waals surface area contributed by atoms with Crippen LogP contribution >= 0.6 is 0 Å². The molecule has 0 spiro atoms. The summed E-state index contributed by atoms with van der Waals surface area (Å²) in [5, 5.41) is 15.4. The third-order valence-electron chi connectivity index (χ3n) is 3.17. The van der Waals surface area contributed by atoms with Gasteiger partial charge >= 0.3 is 0 Å². The van der Waals surface area contributed by atoms with E-state index in [4.69, 9.17) is 14.0 Å². The molecule has 0 bridgehead atoms. The van der Waals surface area contributed by atoms with Crippen LogP contribution in [0.5, 0.6) is 0 Å². The van der Waals surface area contributed by atoms with E-state index < -0.39 is 0 Å². The van der Waals surface area contributed by atoms with E-state index in [9.17, 15) is 4.79 Å². The topological polar surface area (TPSA) is 88.5 Å². The first-order valence-corrected chi connectivity index (χ1v) is 6.64. The first-order valence-electron chi connectivity index (χ1n) is 6.64. The highest BCUT2D eigenvalue weighted by molar-refractivity contribution is 5.92. The number of rotatable bonds is 7. The number of hydrogen-bond donors (Lipinski definition) is 2. The third-order valence-corrected chi connectivity index (χ3v) is 3.17. The van der Waals surface area contributed by atoms with E-state index in [-0.39, 0.29) is 24.1 Å². The summed E-state index contributed by atoms with van der Waals surface area (Å²) in [6.07, 6.45) is 3.10. The maximum atomic E-state index is 11.9. The monoisotopic (exact) mass is 278 g/mol. The molecular formula is C14H18N2O4. The minimum atomic E-state index is -0.289. The van der Waals surface area contributed by atoms with E-state index >= 15 is 0 Å². The predicted octanol–water partition coefficient (Wildman–Crippen LogP) is 2.07. The Morgan fingerprint density at radius 1 is 1.50 bits per heavy atom. The zero-order valence-electron chi connectivity index (χ0n) is 11.3. The summed E-state index contributed by atoms with van der Waals surface area (Å²) in [6.45, 7) is 2.66. The second-order valence-corrected chi connectivity index (χ2v) is 4.55. The molecule has 6 heteroatoms. The number of aliphatic hydroxyl groups excluding tert-OH is 1. The lowest BCUT2D eigenvalue weighted by molar-refractivity contribution is 0.0934. The van der Waals surface area contributed by atoms with Crippen molar-refractivity contribution in [1.82, 2.24) is 10.5 Å². The molecule has 1 unspecified atom stereocenters. The normalized spacial score (nSPS) is 12.3. The van der Waals surface area contributed by atoms with Crippen molar-refractivity contribution >= 4 is 5.91 Å². The molecular weight excluding hydrogens is 260 g/mol. The van der Waals surface area contributed by atoms with Crippen LogP contribution in [-0.2, 0) is 0 Å². The van der Waals surface area contributed by atoms with Gasteiger partial charge < -0.3 is 19.4 Å². The molecule has 2 rings (SSSR count). The first-order chi connectivity index (χ1) is 9.74. The minimum Gasteiger partial charge on any atom is -0.461 e. The van der Waals surface area contributed by atoms with Crippen LogP contribution in [-0.4, -0.2) is 29.3 Å². The third kappa shape index (κ3) is 3.48. The van der Waals surface area contributed by atoms with E-state index in [1.54, 1.807) is 18.2 Å². The number of hydrogen-bond acceptors (Lipinski definition) is 5. The molecule has 2 aromatic rings. The molecule has 2 N–H and O–H groups in total. The van der Waals surface area contributed by atoms with Gasteiger partial charge in [0.05, 0.1) is 6.26 Å². The Bertz CT molecular complexity index is 533. The summed E-state index contributed by atoms with van der Waals surface area (Å²) in [7, 11) is 0. The molecule has 0 saturated heterocycles. The van der Waals surface area contributed by atoms with E-state index in [2.05, 4.69) is 10.5 Å². The first kappa shape index (κ1) is 14.3. The average molecular weight is 278 g/mol. The smallest absolute Gasteiger partial charge is 0.273 e. The Hall–Kier alpha value is -2.08. The van der Waals surface area contributed by atoms with Crippen molar-refractivity contribution in [1.29, 1.82) is 0 Å². The van der Waals surface area contributed by atoms with Crippen LogP contribution in [0.25, 0.3) is 11.5 Å². The van der Waals surface area contributed by atoms with Gasteiger partial charge in [-0.25, -0.2) is 0 Å². The van der Waals surface area contributed by atoms with Gasteiger partial charge in [0.2, 0.25) is 5.76 Å². The van der Waals surface area contributed by atoms with Gasteiger partial charge in [0, 0.05) is 19.2 Å². The molecule has 0 aromatic carbocycles. The van der Waals surface area contributed by atoms with Gasteiger partial charge in [0.1, 0.15) is 0 Å². The number of amides is 1. The fraction of sp³-hybridized carbons (Fsp3) is 0.429. The van der Waals surface area contributed by atoms with Crippen molar-refractivity contribution < 1.29 is 18.8 Å². The van der Waals surface area contributed by atoms with Crippen molar-refractivity contribution in [3.05, 3.63) is 30.2 Å². The highest BCUT2D eigenvalue weighted by atomic mass is 16.5. The second-order valence-electron chi connectivity index (χ2n) is 4.55. The molecule has 1 atom stereocenters. The van der Waals surface area contributed by atoms with Gasteiger partial charge in [-0.05, 0) is 24.5 Å². The van der Waals surface area contributed by atoms with Crippen molar-refractivity contribution in [2.45, 2.75) is 19.8 Å². The summed E-state index contributed by atoms with van der Waals surface area (Å²) in [5.41, 5.74) is 0.218. The van der Waals surface area contributed by atoms with Crippen LogP contribution in [0.1, 0.15) is 30.3 Å². The lowest BCUT2D eigenvalue weighted by Gasteiger charge is -2.13. The highest BCUT2D eigenvalue weighted by Crippen LogP contribution is 2.20. The van der Waals surface area contributed by atoms with Crippen LogP contribution in [0.15, 0.2) is 33.4 Å². The summed E-state index contributed by atoms with van der Waals surface area (Å²) < 4.78 is 10.2. The molecule has 0 radical (unpaired) electrons. The number of aliphatic hydroxyl groups is 1.